The summed E-state index contributed by atoms with van der Waals surface area (Å²) < 4.78 is 16.9. The highest BCUT2D eigenvalue weighted by atomic mass is 16.5. The number of hydrogen-bond acceptors (Lipinski definition) is 5. The number of ether oxygens (including phenoxy) is 2. The fraction of sp³-hybridized carbons (Fsp3) is 0.571. The zero-order valence-electron chi connectivity index (χ0n) is 16.5. The molecule has 26 heavy (non-hydrogen) atoms. The fourth-order valence-corrected chi connectivity index (χ4v) is 3.84. The van der Waals surface area contributed by atoms with Gasteiger partial charge in [0.2, 0.25) is 0 Å². The summed E-state index contributed by atoms with van der Waals surface area (Å²) in [5.41, 5.74) is 3.55. The van der Waals surface area contributed by atoms with Gasteiger partial charge in [-0.3, -0.25) is 4.90 Å². The predicted molar refractivity (Wildman–Crippen MR) is 102 cm³/mol. The Balaban J connectivity index is 1.80. The third kappa shape index (κ3) is 3.88. The molecule has 1 saturated heterocycles. The van der Waals surface area contributed by atoms with Gasteiger partial charge in [-0.25, -0.2) is 0 Å². The number of aryl methyl sites for hydroxylation is 2. The van der Waals surface area contributed by atoms with E-state index in [-0.39, 0.29) is 6.10 Å². The molecular formula is C21H30N2O3. The fourth-order valence-electron chi connectivity index (χ4n) is 3.84. The van der Waals surface area contributed by atoms with E-state index in [1.54, 1.807) is 7.11 Å². The number of benzene rings is 1. The molecular weight excluding hydrogens is 328 g/mol. The van der Waals surface area contributed by atoms with E-state index in [0.29, 0.717) is 6.04 Å². The van der Waals surface area contributed by atoms with Crippen LogP contribution in [0.4, 0.5) is 0 Å². The molecule has 0 saturated carbocycles. The molecule has 0 aliphatic carbocycles. The summed E-state index contributed by atoms with van der Waals surface area (Å²) in [5, 5.41) is 4.20. The molecule has 5 heteroatoms. The lowest BCUT2D eigenvalue weighted by atomic mass is 10.0. The van der Waals surface area contributed by atoms with Gasteiger partial charge in [-0.2, -0.15) is 0 Å². The molecule has 2 aromatic rings. The Kier molecular flexibility index (Phi) is 5.87. The van der Waals surface area contributed by atoms with Crippen molar-refractivity contribution >= 4 is 0 Å². The first-order chi connectivity index (χ1) is 12.5. The summed E-state index contributed by atoms with van der Waals surface area (Å²) in [5.74, 6) is 2.62. The van der Waals surface area contributed by atoms with Crippen LogP contribution < -0.4 is 9.47 Å². The Morgan fingerprint density at radius 2 is 2.12 bits per heavy atom. The van der Waals surface area contributed by atoms with Crippen molar-refractivity contribution in [1.29, 1.82) is 0 Å². The van der Waals surface area contributed by atoms with E-state index in [0.717, 1.165) is 48.9 Å². The van der Waals surface area contributed by atoms with Gasteiger partial charge in [0.05, 0.1) is 18.9 Å². The molecule has 0 amide bonds. The third-order valence-corrected chi connectivity index (χ3v) is 4.98. The van der Waals surface area contributed by atoms with Crippen molar-refractivity contribution in [2.45, 2.75) is 65.6 Å². The van der Waals surface area contributed by atoms with Gasteiger partial charge in [0.15, 0.2) is 11.5 Å². The van der Waals surface area contributed by atoms with Gasteiger partial charge in [-0.1, -0.05) is 18.1 Å². The summed E-state index contributed by atoms with van der Waals surface area (Å²) in [6.45, 7) is 10.2. The first kappa shape index (κ1) is 18.8. The van der Waals surface area contributed by atoms with Crippen LogP contribution in [0.1, 0.15) is 62.2 Å². The van der Waals surface area contributed by atoms with Crippen LogP contribution in [0.3, 0.4) is 0 Å². The van der Waals surface area contributed by atoms with Gasteiger partial charge in [0.25, 0.3) is 0 Å². The number of nitrogens with zero attached hydrogens (tertiary/aromatic N) is 2. The summed E-state index contributed by atoms with van der Waals surface area (Å²) in [6, 6.07) is 6.63. The second-order valence-electron chi connectivity index (χ2n) is 7.24. The number of aromatic nitrogens is 1. The van der Waals surface area contributed by atoms with Crippen molar-refractivity contribution in [2.75, 3.05) is 13.7 Å². The molecule has 1 aliphatic rings. The zero-order valence-corrected chi connectivity index (χ0v) is 16.5. The van der Waals surface area contributed by atoms with Crippen molar-refractivity contribution in [2.24, 2.45) is 0 Å². The molecule has 0 bridgehead atoms. The van der Waals surface area contributed by atoms with Crippen LogP contribution in [0, 0.1) is 6.92 Å². The Morgan fingerprint density at radius 3 is 2.81 bits per heavy atom. The molecule has 1 atom stereocenters. The number of rotatable bonds is 7. The second kappa shape index (κ2) is 8.12. The van der Waals surface area contributed by atoms with Crippen molar-refractivity contribution in [3.63, 3.8) is 0 Å². The first-order valence-corrected chi connectivity index (χ1v) is 9.56. The lowest BCUT2D eigenvalue weighted by Crippen LogP contribution is -2.23. The second-order valence-corrected chi connectivity index (χ2v) is 7.24. The quantitative estimate of drug-likeness (QED) is 0.719. The van der Waals surface area contributed by atoms with E-state index in [4.69, 9.17) is 14.0 Å². The first-order valence-electron chi connectivity index (χ1n) is 9.56. The van der Waals surface area contributed by atoms with Crippen LogP contribution in [-0.2, 0) is 13.0 Å². The summed E-state index contributed by atoms with van der Waals surface area (Å²) in [7, 11) is 1.69. The standard InChI is InChI=1S/C21H30N2O3/c1-6-18-21(15(4)22-26-18)17-8-7-11-23(17)13-16-9-10-19(25-14(2)3)20(12-16)24-5/h9-10,12,14,17H,6-8,11,13H2,1-5H3/t17-/m1/s1. The van der Waals surface area contributed by atoms with Crippen LogP contribution in [0.25, 0.3) is 0 Å². The zero-order chi connectivity index (χ0) is 18.7. The molecule has 0 unspecified atom stereocenters. The van der Waals surface area contributed by atoms with Crippen LogP contribution in [0.15, 0.2) is 22.7 Å². The Labute approximate surface area is 156 Å². The maximum atomic E-state index is 5.83. The summed E-state index contributed by atoms with van der Waals surface area (Å²) >= 11 is 0. The van der Waals surface area contributed by atoms with Crippen molar-refractivity contribution in [1.82, 2.24) is 10.1 Å². The minimum absolute atomic E-state index is 0.127. The van der Waals surface area contributed by atoms with Crippen LogP contribution >= 0.6 is 0 Å². The SMILES string of the molecule is CCc1onc(C)c1[C@H]1CCCN1Cc1ccc(OC(C)C)c(OC)c1. The van der Waals surface area contributed by atoms with E-state index in [1.165, 1.54) is 17.5 Å². The van der Waals surface area contributed by atoms with Crippen molar-refractivity contribution in [3.8, 4) is 11.5 Å². The normalized spacial score (nSPS) is 17.8. The molecule has 0 N–H and O–H groups in total. The lowest BCUT2D eigenvalue weighted by molar-refractivity contribution is 0.228. The Morgan fingerprint density at radius 1 is 1.31 bits per heavy atom. The molecule has 1 aromatic carbocycles. The number of methoxy groups -OCH3 is 1. The van der Waals surface area contributed by atoms with E-state index in [9.17, 15) is 0 Å². The van der Waals surface area contributed by atoms with Crippen molar-refractivity contribution < 1.29 is 14.0 Å². The Hall–Kier alpha value is -2.01. The molecule has 1 aromatic heterocycles. The van der Waals surface area contributed by atoms with E-state index in [2.05, 4.69) is 36.0 Å². The van der Waals surface area contributed by atoms with Crippen LogP contribution in [-0.4, -0.2) is 29.8 Å². The number of likely N-dealkylation sites (tertiary alicyclic amines) is 1. The Bertz CT molecular complexity index is 739. The largest absolute Gasteiger partial charge is 0.493 e. The van der Waals surface area contributed by atoms with E-state index < -0.39 is 0 Å². The third-order valence-electron chi connectivity index (χ3n) is 4.98. The topological polar surface area (TPSA) is 47.7 Å². The lowest BCUT2D eigenvalue weighted by Gasteiger charge is -2.25. The van der Waals surface area contributed by atoms with Gasteiger partial charge >= 0.3 is 0 Å². The highest BCUT2D eigenvalue weighted by molar-refractivity contribution is 5.43. The molecule has 0 radical (unpaired) electrons. The highest BCUT2D eigenvalue weighted by Crippen LogP contribution is 2.38. The van der Waals surface area contributed by atoms with Gasteiger partial charge < -0.3 is 14.0 Å². The molecule has 142 valence electrons. The molecule has 0 spiro atoms. The van der Waals surface area contributed by atoms with Gasteiger partial charge in [0, 0.05) is 24.6 Å². The maximum absolute atomic E-state index is 5.83. The predicted octanol–water partition coefficient (Wildman–Crippen LogP) is 4.68. The molecule has 1 aliphatic heterocycles. The van der Waals surface area contributed by atoms with Gasteiger partial charge in [-0.15, -0.1) is 0 Å². The maximum Gasteiger partial charge on any atom is 0.161 e. The number of hydrogen-bond donors (Lipinski definition) is 0. The minimum atomic E-state index is 0.127. The molecule has 3 rings (SSSR count). The molecule has 5 nitrogen and oxygen atoms in total. The highest BCUT2D eigenvalue weighted by Gasteiger charge is 2.31. The monoisotopic (exact) mass is 358 g/mol. The molecule has 1 fully saturated rings. The minimum Gasteiger partial charge on any atom is -0.493 e. The smallest absolute Gasteiger partial charge is 0.161 e. The molecule has 2 heterocycles. The van der Waals surface area contributed by atoms with E-state index >= 15 is 0 Å². The van der Waals surface area contributed by atoms with Gasteiger partial charge in [0.1, 0.15) is 5.76 Å². The van der Waals surface area contributed by atoms with Gasteiger partial charge in [-0.05, 0) is 57.9 Å². The average Bonchev–Trinajstić information content (AvgIpc) is 3.21. The van der Waals surface area contributed by atoms with Crippen LogP contribution in [0.5, 0.6) is 11.5 Å². The van der Waals surface area contributed by atoms with Crippen molar-refractivity contribution in [3.05, 3.63) is 40.8 Å². The van der Waals surface area contributed by atoms with E-state index in [1.807, 2.05) is 19.9 Å². The summed E-state index contributed by atoms with van der Waals surface area (Å²) in [6.07, 6.45) is 3.36. The average molecular weight is 358 g/mol. The summed E-state index contributed by atoms with van der Waals surface area (Å²) in [4.78, 5) is 2.52. The van der Waals surface area contributed by atoms with Crippen LogP contribution in [0.2, 0.25) is 0 Å².